The summed E-state index contributed by atoms with van der Waals surface area (Å²) in [6.07, 6.45) is 2.73. The Kier molecular flexibility index (Phi) is 4.22. The number of rotatable bonds is 4. The zero-order valence-corrected chi connectivity index (χ0v) is 11.1. The van der Waals surface area contributed by atoms with Gasteiger partial charge in [-0.15, -0.1) is 0 Å². The molecule has 2 aliphatic rings. The van der Waals surface area contributed by atoms with Crippen LogP contribution in [0.2, 0.25) is 0 Å². The maximum atomic E-state index is 3.65. The van der Waals surface area contributed by atoms with E-state index in [1.54, 1.807) is 0 Å². The van der Waals surface area contributed by atoms with E-state index in [0.29, 0.717) is 6.04 Å². The van der Waals surface area contributed by atoms with Crippen LogP contribution in [0.5, 0.6) is 0 Å². The average molecular weight is 225 g/mol. The maximum absolute atomic E-state index is 3.65. The van der Waals surface area contributed by atoms with Crippen LogP contribution in [-0.4, -0.2) is 61.7 Å². The van der Waals surface area contributed by atoms with Crippen molar-refractivity contribution in [3.05, 3.63) is 0 Å². The van der Waals surface area contributed by atoms with Crippen molar-refractivity contribution in [2.45, 2.75) is 38.8 Å². The molecule has 0 radical (unpaired) electrons. The van der Waals surface area contributed by atoms with Gasteiger partial charge in [0.05, 0.1) is 0 Å². The van der Waals surface area contributed by atoms with Crippen LogP contribution in [0.25, 0.3) is 0 Å². The van der Waals surface area contributed by atoms with E-state index in [1.165, 1.54) is 45.6 Å². The minimum Gasteiger partial charge on any atom is -0.310 e. The van der Waals surface area contributed by atoms with Crippen molar-refractivity contribution in [1.82, 2.24) is 15.1 Å². The Morgan fingerprint density at radius 2 is 2.00 bits per heavy atom. The Balaban J connectivity index is 1.68. The Morgan fingerprint density at radius 1 is 1.19 bits per heavy atom. The van der Waals surface area contributed by atoms with E-state index in [4.69, 9.17) is 0 Å². The third-order valence-corrected chi connectivity index (χ3v) is 3.85. The van der Waals surface area contributed by atoms with Gasteiger partial charge < -0.3 is 15.1 Å². The van der Waals surface area contributed by atoms with Crippen molar-refractivity contribution in [3.8, 4) is 0 Å². The zero-order chi connectivity index (χ0) is 11.5. The summed E-state index contributed by atoms with van der Waals surface area (Å²) in [7, 11) is 2.24. The van der Waals surface area contributed by atoms with E-state index in [9.17, 15) is 0 Å². The highest BCUT2D eigenvalue weighted by Crippen LogP contribution is 2.18. The highest BCUT2D eigenvalue weighted by Gasteiger charge is 2.27. The normalized spacial score (nSPS) is 33.0. The van der Waals surface area contributed by atoms with E-state index in [2.05, 4.69) is 36.0 Å². The largest absolute Gasteiger partial charge is 0.310 e. The summed E-state index contributed by atoms with van der Waals surface area (Å²) in [5, 5.41) is 3.65. The van der Waals surface area contributed by atoms with Crippen molar-refractivity contribution in [2.75, 3.05) is 39.8 Å². The summed E-state index contributed by atoms with van der Waals surface area (Å²) < 4.78 is 0. The van der Waals surface area contributed by atoms with E-state index < -0.39 is 0 Å². The van der Waals surface area contributed by atoms with Crippen LogP contribution in [-0.2, 0) is 0 Å². The molecule has 3 nitrogen and oxygen atoms in total. The Hall–Kier alpha value is -0.120. The van der Waals surface area contributed by atoms with Gasteiger partial charge in [0.2, 0.25) is 0 Å². The Morgan fingerprint density at radius 3 is 2.62 bits per heavy atom. The van der Waals surface area contributed by atoms with Crippen LogP contribution >= 0.6 is 0 Å². The van der Waals surface area contributed by atoms with Crippen molar-refractivity contribution < 1.29 is 0 Å². The second-order valence-corrected chi connectivity index (χ2v) is 5.98. The van der Waals surface area contributed by atoms with Crippen molar-refractivity contribution in [1.29, 1.82) is 0 Å². The third-order valence-electron chi connectivity index (χ3n) is 3.85. The second kappa shape index (κ2) is 5.48. The monoisotopic (exact) mass is 225 g/mol. The summed E-state index contributed by atoms with van der Waals surface area (Å²) in [5.74, 6) is 0.919. The molecule has 2 fully saturated rings. The van der Waals surface area contributed by atoms with Crippen LogP contribution in [0.1, 0.15) is 26.7 Å². The van der Waals surface area contributed by atoms with Gasteiger partial charge in [0.15, 0.2) is 0 Å². The molecule has 16 heavy (non-hydrogen) atoms. The number of nitrogens with one attached hydrogen (secondary N) is 1. The lowest BCUT2D eigenvalue weighted by atomic mass is 10.1. The Bertz CT molecular complexity index is 217. The fourth-order valence-electron chi connectivity index (χ4n) is 3.15. The van der Waals surface area contributed by atoms with Gasteiger partial charge in [0.25, 0.3) is 0 Å². The molecule has 2 heterocycles. The molecule has 94 valence electrons. The highest BCUT2D eigenvalue weighted by molar-refractivity contribution is 4.85. The minimum atomic E-state index is 0.627. The SMILES string of the molecule is CC(C)NC1CCN(CC2CCN(C)C2)C1. The number of hydrogen-bond donors (Lipinski definition) is 1. The fourth-order valence-corrected chi connectivity index (χ4v) is 3.15. The van der Waals surface area contributed by atoms with Gasteiger partial charge in [-0.05, 0) is 38.9 Å². The zero-order valence-electron chi connectivity index (χ0n) is 11.1. The van der Waals surface area contributed by atoms with Gasteiger partial charge in [0.1, 0.15) is 0 Å². The average Bonchev–Trinajstić information content (AvgIpc) is 2.76. The molecule has 2 saturated heterocycles. The first kappa shape index (κ1) is 12.3. The first-order valence-electron chi connectivity index (χ1n) is 6.80. The van der Waals surface area contributed by atoms with Crippen LogP contribution in [0.15, 0.2) is 0 Å². The summed E-state index contributed by atoms with van der Waals surface area (Å²) in [4.78, 5) is 5.12. The molecule has 0 spiro atoms. The van der Waals surface area contributed by atoms with E-state index in [1.807, 2.05) is 0 Å². The predicted molar refractivity (Wildman–Crippen MR) is 68.7 cm³/mol. The molecular weight excluding hydrogens is 198 g/mol. The smallest absolute Gasteiger partial charge is 0.0209 e. The molecular formula is C13H27N3. The van der Waals surface area contributed by atoms with Gasteiger partial charge in [-0.1, -0.05) is 13.8 Å². The fraction of sp³-hybridized carbons (Fsp3) is 1.00. The van der Waals surface area contributed by atoms with E-state index in [0.717, 1.165) is 12.0 Å². The highest BCUT2D eigenvalue weighted by atomic mass is 15.2. The minimum absolute atomic E-state index is 0.627. The molecule has 0 aromatic heterocycles. The first-order valence-corrected chi connectivity index (χ1v) is 6.80. The lowest BCUT2D eigenvalue weighted by molar-refractivity contribution is 0.267. The number of hydrogen-bond acceptors (Lipinski definition) is 3. The molecule has 0 aliphatic carbocycles. The quantitative estimate of drug-likeness (QED) is 0.770. The molecule has 2 rings (SSSR count). The van der Waals surface area contributed by atoms with Gasteiger partial charge >= 0.3 is 0 Å². The standard InChI is InChI=1S/C13H27N3/c1-11(2)14-13-5-7-16(10-13)9-12-4-6-15(3)8-12/h11-14H,4-10H2,1-3H3. The summed E-state index contributed by atoms with van der Waals surface area (Å²) in [6.45, 7) is 11.0. The molecule has 2 aliphatic heterocycles. The van der Waals surface area contributed by atoms with Gasteiger partial charge in [-0.3, -0.25) is 0 Å². The molecule has 3 heteroatoms. The lowest BCUT2D eigenvalue weighted by Crippen LogP contribution is -2.38. The van der Waals surface area contributed by atoms with Crippen LogP contribution in [0.3, 0.4) is 0 Å². The number of likely N-dealkylation sites (tertiary alicyclic amines) is 2. The molecule has 2 unspecified atom stereocenters. The van der Waals surface area contributed by atoms with Gasteiger partial charge in [-0.2, -0.15) is 0 Å². The summed E-state index contributed by atoms with van der Waals surface area (Å²) in [5.41, 5.74) is 0. The number of nitrogens with zero attached hydrogens (tertiary/aromatic N) is 2. The summed E-state index contributed by atoms with van der Waals surface area (Å²) in [6, 6.07) is 1.36. The van der Waals surface area contributed by atoms with Crippen molar-refractivity contribution in [2.24, 2.45) is 5.92 Å². The molecule has 1 N–H and O–H groups in total. The van der Waals surface area contributed by atoms with Crippen LogP contribution in [0.4, 0.5) is 0 Å². The van der Waals surface area contributed by atoms with Gasteiger partial charge in [-0.25, -0.2) is 0 Å². The van der Waals surface area contributed by atoms with E-state index >= 15 is 0 Å². The Labute approximate surface area is 100 Å². The summed E-state index contributed by atoms with van der Waals surface area (Å²) >= 11 is 0. The van der Waals surface area contributed by atoms with E-state index in [-0.39, 0.29) is 0 Å². The lowest BCUT2D eigenvalue weighted by Gasteiger charge is -2.21. The van der Waals surface area contributed by atoms with Crippen LogP contribution in [0, 0.1) is 5.92 Å². The van der Waals surface area contributed by atoms with Crippen molar-refractivity contribution in [3.63, 3.8) is 0 Å². The van der Waals surface area contributed by atoms with Gasteiger partial charge in [0, 0.05) is 31.7 Å². The molecule has 0 aromatic rings. The van der Waals surface area contributed by atoms with Crippen molar-refractivity contribution >= 4 is 0 Å². The molecule has 2 atom stereocenters. The topological polar surface area (TPSA) is 18.5 Å². The molecule has 0 amide bonds. The maximum Gasteiger partial charge on any atom is 0.0209 e. The third kappa shape index (κ3) is 3.44. The van der Waals surface area contributed by atoms with Crippen LogP contribution < -0.4 is 5.32 Å². The first-order chi connectivity index (χ1) is 7.63. The molecule has 0 saturated carbocycles. The molecule has 0 bridgehead atoms. The molecule has 0 aromatic carbocycles. The predicted octanol–water partition coefficient (Wildman–Crippen LogP) is 1.01. The second-order valence-electron chi connectivity index (χ2n) is 5.98.